The van der Waals surface area contributed by atoms with Gasteiger partial charge in [0.15, 0.2) is 0 Å². The Kier molecular flexibility index (Phi) is 3.77. The van der Waals surface area contributed by atoms with Gasteiger partial charge in [-0.2, -0.15) is 0 Å². The van der Waals surface area contributed by atoms with Gasteiger partial charge in [-0.15, -0.1) is 0 Å². The highest BCUT2D eigenvalue weighted by Gasteiger charge is 2.43. The monoisotopic (exact) mass is 234 g/mol. The predicted molar refractivity (Wildman–Crippen MR) is 57.7 cm³/mol. The number of aliphatic hydroxyl groups is 1. The van der Waals surface area contributed by atoms with Crippen LogP contribution in [0, 0.1) is 0 Å². The molecule has 0 unspecified atom stereocenters. The first kappa shape index (κ1) is 12.2. The Morgan fingerprint density at radius 3 is 2.38 bits per heavy atom. The Bertz CT molecular complexity index is 226. The minimum atomic E-state index is -2.23. The van der Waals surface area contributed by atoms with Crippen molar-refractivity contribution in [1.82, 2.24) is 10.2 Å². The first-order valence-electron chi connectivity index (χ1n) is 6.03. The molecule has 2 rings (SSSR count). The molecule has 0 spiro atoms. The molecule has 0 aromatic rings. The van der Waals surface area contributed by atoms with Crippen LogP contribution in [0.5, 0.6) is 0 Å². The number of aliphatic hydroxyl groups excluding tert-OH is 1. The number of rotatable bonds is 5. The molecule has 0 bridgehead atoms. The van der Waals surface area contributed by atoms with Crippen molar-refractivity contribution in [1.29, 1.82) is 0 Å². The minimum Gasteiger partial charge on any atom is -0.394 e. The zero-order valence-corrected chi connectivity index (χ0v) is 9.46. The molecule has 2 N–H and O–H groups in total. The summed E-state index contributed by atoms with van der Waals surface area (Å²) in [5, 5.41) is 12.7. The molecular formula is C11H20F2N2O. The zero-order chi connectivity index (χ0) is 11.6. The van der Waals surface area contributed by atoms with Crippen LogP contribution in [0.15, 0.2) is 0 Å². The van der Waals surface area contributed by atoms with Gasteiger partial charge in [0, 0.05) is 11.6 Å². The Morgan fingerprint density at radius 1 is 1.31 bits per heavy atom. The summed E-state index contributed by atoms with van der Waals surface area (Å²) in [6, 6.07) is 0.392. The van der Waals surface area contributed by atoms with Gasteiger partial charge in [0.1, 0.15) is 0 Å². The van der Waals surface area contributed by atoms with Crippen LogP contribution in [-0.2, 0) is 0 Å². The fourth-order valence-electron chi connectivity index (χ4n) is 2.39. The number of halogens is 2. The van der Waals surface area contributed by atoms with Crippen LogP contribution in [0.3, 0.4) is 0 Å². The summed E-state index contributed by atoms with van der Waals surface area (Å²) in [6.45, 7) is 1.58. The number of alkyl halides is 2. The van der Waals surface area contributed by atoms with Crippen molar-refractivity contribution < 1.29 is 13.9 Å². The molecule has 0 atom stereocenters. The first-order chi connectivity index (χ1) is 7.63. The van der Waals surface area contributed by atoms with Gasteiger partial charge in [-0.1, -0.05) is 0 Å². The van der Waals surface area contributed by atoms with Crippen LogP contribution in [0.25, 0.3) is 0 Å². The molecule has 1 saturated heterocycles. The van der Waals surface area contributed by atoms with Crippen molar-refractivity contribution in [3.8, 4) is 0 Å². The Morgan fingerprint density at radius 2 is 1.94 bits per heavy atom. The number of nitrogens with zero attached hydrogens (tertiary/aromatic N) is 1. The van der Waals surface area contributed by atoms with E-state index in [1.165, 1.54) is 0 Å². The molecule has 5 heteroatoms. The average molecular weight is 234 g/mol. The molecule has 0 amide bonds. The molecule has 0 aromatic carbocycles. The third kappa shape index (κ3) is 3.12. The number of nitrogens with one attached hydrogen (secondary N) is 1. The lowest BCUT2D eigenvalue weighted by molar-refractivity contribution is 0.0702. The fourth-order valence-corrected chi connectivity index (χ4v) is 2.39. The number of hydrogen-bond acceptors (Lipinski definition) is 3. The Hall–Kier alpha value is -0.260. The molecule has 1 saturated carbocycles. The lowest BCUT2D eigenvalue weighted by Crippen LogP contribution is -2.49. The van der Waals surface area contributed by atoms with Gasteiger partial charge in [-0.05, 0) is 38.8 Å². The van der Waals surface area contributed by atoms with Crippen molar-refractivity contribution >= 4 is 0 Å². The van der Waals surface area contributed by atoms with Crippen LogP contribution in [0.2, 0.25) is 0 Å². The fraction of sp³-hybridized carbons (Fsp3) is 1.00. The van der Waals surface area contributed by atoms with Gasteiger partial charge in [0.2, 0.25) is 0 Å². The topological polar surface area (TPSA) is 35.5 Å². The summed E-state index contributed by atoms with van der Waals surface area (Å²) < 4.78 is 24.3. The minimum absolute atomic E-state index is 0.0322. The van der Waals surface area contributed by atoms with Crippen LogP contribution >= 0.6 is 0 Å². The molecule has 3 nitrogen and oxygen atoms in total. The van der Waals surface area contributed by atoms with Gasteiger partial charge in [-0.3, -0.25) is 4.90 Å². The summed E-state index contributed by atoms with van der Waals surface area (Å²) in [6.07, 6.45) is 1.68. The molecule has 1 aliphatic carbocycles. The third-order valence-corrected chi connectivity index (χ3v) is 3.65. The molecule has 1 aliphatic heterocycles. The summed E-state index contributed by atoms with van der Waals surface area (Å²) in [4.78, 5) is 1.82. The summed E-state index contributed by atoms with van der Waals surface area (Å²) >= 11 is 0. The smallest absolute Gasteiger partial charge is 0.251 e. The lowest BCUT2D eigenvalue weighted by atomic mass is 10.0. The highest BCUT2D eigenvalue weighted by atomic mass is 19.3. The first-order valence-corrected chi connectivity index (χ1v) is 6.03. The Balaban J connectivity index is 1.69. The van der Waals surface area contributed by atoms with E-state index in [4.69, 9.17) is 0 Å². The maximum Gasteiger partial charge on any atom is 0.251 e. The van der Waals surface area contributed by atoms with E-state index in [1.54, 1.807) is 0 Å². The second kappa shape index (κ2) is 4.94. The van der Waals surface area contributed by atoms with Gasteiger partial charge >= 0.3 is 0 Å². The van der Waals surface area contributed by atoms with Crippen LogP contribution in [-0.4, -0.2) is 54.3 Å². The lowest BCUT2D eigenvalue weighted by Gasteiger charge is -2.34. The van der Waals surface area contributed by atoms with E-state index in [0.717, 1.165) is 38.8 Å². The standard InChI is InChI=1S/C11H20F2N2O/c12-10(13)7-15-5-1-9(2-6-15)14-11(8-16)3-4-11/h9-10,14,16H,1-8H2. The van der Waals surface area contributed by atoms with E-state index in [0.29, 0.717) is 6.04 Å². The van der Waals surface area contributed by atoms with E-state index in [1.807, 2.05) is 4.90 Å². The molecular weight excluding hydrogens is 214 g/mol. The SMILES string of the molecule is OCC1(NC2CCN(CC(F)F)CC2)CC1. The highest BCUT2D eigenvalue weighted by Crippen LogP contribution is 2.36. The van der Waals surface area contributed by atoms with Gasteiger partial charge in [0.05, 0.1) is 13.2 Å². The predicted octanol–water partition coefficient (Wildman–Crippen LogP) is 0.830. The third-order valence-electron chi connectivity index (χ3n) is 3.65. The molecule has 16 heavy (non-hydrogen) atoms. The van der Waals surface area contributed by atoms with E-state index in [2.05, 4.69) is 5.32 Å². The maximum atomic E-state index is 12.2. The van der Waals surface area contributed by atoms with Crippen LogP contribution < -0.4 is 5.32 Å². The van der Waals surface area contributed by atoms with E-state index < -0.39 is 6.43 Å². The molecule has 0 radical (unpaired) electrons. The molecule has 1 heterocycles. The highest BCUT2D eigenvalue weighted by molar-refractivity contribution is 5.03. The number of piperidine rings is 1. The summed E-state index contributed by atoms with van der Waals surface area (Å²) in [5.41, 5.74) is -0.0322. The van der Waals surface area contributed by atoms with E-state index in [-0.39, 0.29) is 18.7 Å². The van der Waals surface area contributed by atoms with Crippen molar-refractivity contribution in [2.24, 2.45) is 0 Å². The summed E-state index contributed by atoms with van der Waals surface area (Å²) in [5.74, 6) is 0. The molecule has 2 fully saturated rings. The number of hydrogen-bond donors (Lipinski definition) is 2. The van der Waals surface area contributed by atoms with E-state index >= 15 is 0 Å². The Labute approximate surface area is 94.8 Å². The van der Waals surface area contributed by atoms with Crippen molar-refractivity contribution in [3.63, 3.8) is 0 Å². The van der Waals surface area contributed by atoms with E-state index in [9.17, 15) is 13.9 Å². The zero-order valence-electron chi connectivity index (χ0n) is 9.46. The molecule has 0 aromatic heterocycles. The second-order valence-electron chi connectivity index (χ2n) is 5.05. The van der Waals surface area contributed by atoms with Crippen LogP contribution in [0.4, 0.5) is 8.78 Å². The molecule has 94 valence electrons. The maximum absolute atomic E-state index is 12.2. The van der Waals surface area contributed by atoms with Gasteiger partial charge in [0.25, 0.3) is 6.43 Å². The normalized spacial score (nSPS) is 26.2. The van der Waals surface area contributed by atoms with Crippen LogP contribution in [0.1, 0.15) is 25.7 Å². The van der Waals surface area contributed by atoms with Crippen molar-refractivity contribution in [2.45, 2.75) is 43.7 Å². The number of likely N-dealkylation sites (tertiary alicyclic amines) is 1. The van der Waals surface area contributed by atoms with Crippen molar-refractivity contribution in [2.75, 3.05) is 26.2 Å². The molecule has 2 aliphatic rings. The average Bonchev–Trinajstić information content (AvgIpc) is 3.01. The van der Waals surface area contributed by atoms with Gasteiger partial charge in [-0.25, -0.2) is 8.78 Å². The summed E-state index contributed by atoms with van der Waals surface area (Å²) in [7, 11) is 0. The largest absolute Gasteiger partial charge is 0.394 e. The van der Waals surface area contributed by atoms with Gasteiger partial charge < -0.3 is 10.4 Å². The second-order valence-corrected chi connectivity index (χ2v) is 5.05. The van der Waals surface area contributed by atoms with Crippen molar-refractivity contribution in [3.05, 3.63) is 0 Å². The quantitative estimate of drug-likeness (QED) is 0.739.